The minimum atomic E-state index is -1.11. The average molecular weight is 789 g/mol. The van der Waals surface area contributed by atoms with Crippen molar-refractivity contribution in [1.82, 2.24) is 25.3 Å². The summed E-state index contributed by atoms with van der Waals surface area (Å²) in [5.41, 5.74) is 3.55. The Bertz CT molecular complexity index is 1930. The number of nitrogens with one attached hydrogen (secondary N) is 2. The standard InChI is InChI=1S/C44H48N6O8/c51-39-37(22-13-24-45-41(46-42(53)57-31-35-18-9-3-10-19-35)47-43(54)58-32-36-20-11-4-12-21-36)38(40(52)56-30-34-16-7-2-8-17-34)50(39)44(55)49-28-26-48(27-29-49)25-23-33-14-5-1-6-15-33/h1-12,14-21,37-38H,13,22-32H2,(H2,45,46,47,53,54)/t37-,38?/m1/s1. The summed E-state index contributed by atoms with van der Waals surface area (Å²) in [6, 6.07) is 35.9. The van der Waals surface area contributed by atoms with Gasteiger partial charge in [0.2, 0.25) is 11.9 Å². The molecule has 2 aliphatic rings. The van der Waals surface area contributed by atoms with Crippen molar-refractivity contribution in [2.24, 2.45) is 10.9 Å². The number of hydrogen-bond donors (Lipinski definition) is 2. The van der Waals surface area contributed by atoms with E-state index in [1.165, 1.54) is 5.56 Å². The number of carbonyl (C=O) groups is 5. The number of esters is 1. The second kappa shape index (κ2) is 21.1. The molecule has 0 aromatic heterocycles. The lowest BCUT2D eigenvalue weighted by atomic mass is 9.83. The molecule has 0 bridgehead atoms. The molecule has 5 amide bonds. The molecule has 2 aliphatic heterocycles. The van der Waals surface area contributed by atoms with Crippen LogP contribution >= 0.6 is 0 Å². The molecule has 4 aromatic carbocycles. The highest BCUT2D eigenvalue weighted by Crippen LogP contribution is 2.33. The molecule has 0 radical (unpaired) electrons. The number of ether oxygens (including phenoxy) is 3. The fourth-order valence-electron chi connectivity index (χ4n) is 6.70. The fourth-order valence-corrected chi connectivity index (χ4v) is 6.70. The summed E-state index contributed by atoms with van der Waals surface area (Å²) in [6.45, 7) is 3.01. The predicted molar refractivity (Wildman–Crippen MR) is 215 cm³/mol. The molecule has 14 nitrogen and oxygen atoms in total. The van der Waals surface area contributed by atoms with E-state index in [0.717, 1.165) is 34.6 Å². The second-order valence-corrected chi connectivity index (χ2v) is 13.9. The van der Waals surface area contributed by atoms with Crippen molar-refractivity contribution in [2.45, 2.75) is 45.1 Å². The number of guanidine groups is 1. The van der Waals surface area contributed by atoms with Crippen molar-refractivity contribution in [3.63, 3.8) is 0 Å². The zero-order valence-corrected chi connectivity index (χ0v) is 32.2. The van der Waals surface area contributed by atoms with Gasteiger partial charge in [-0.1, -0.05) is 121 Å². The number of urea groups is 1. The summed E-state index contributed by atoms with van der Waals surface area (Å²) in [6.07, 6.45) is -0.356. The van der Waals surface area contributed by atoms with E-state index in [0.29, 0.717) is 26.2 Å². The van der Waals surface area contributed by atoms with Crippen LogP contribution < -0.4 is 10.6 Å². The lowest BCUT2D eigenvalue weighted by molar-refractivity contribution is -0.171. The van der Waals surface area contributed by atoms with Gasteiger partial charge in [-0.05, 0) is 41.5 Å². The highest BCUT2D eigenvalue weighted by Gasteiger charge is 2.56. The van der Waals surface area contributed by atoms with Gasteiger partial charge in [0.15, 0.2) is 6.04 Å². The number of hydrogen-bond acceptors (Lipinski definition) is 10. The molecule has 2 N–H and O–H groups in total. The van der Waals surface area contributed by atoms with Crippen LogP contribution in [0.3, 0.4) is 0 Å². The topological polar surface area (TPSA) is 159 Å². The molecule has 0 spiro atoms. The van der Waals surface area contributed by atoms with E-state index < -0.39 is 42.1 Å². The first-order valence-corrected chi connectivity index (χ1v) is 19.4. The third-order valence-electron chi connectivity index (χ3n) is 9.90. The molecular formula is C44H48N6O8. The van der Waals surface area contributed by atoms with Gasteiger partial charge < -0.3 is 19.1 Å². The van der Waals surface area contributed by atoms with Crippen LogP contribution in [0.15, 0.2) is 126 Å². The molecule has 0 saturated carbocycles. The number of aliphatic imine (C=N–C) groups is 1. The Labute approximate surface area is 337 Å². The van der Waals surface area contributed by atoms with Crippen LogP contribution in [0.1, 0.15) is 35.1 Å². The van der Waals surface area contributed by atoms with E-state index >= 15 is 0 Å². The minimum absolute atomic E-state index is 0.00899. The van der Waals surface area contributed by atoms with E-state index in [9.17, 15) is 24.0 Å². The van der Waals surface area contributed by atoms with Crippen molar-refractivity contribution in [2.75, 3.05) is 39.3 Å². The Hall–Kier alpha value is -6.54. The molecule has 2 saturated heterocycles. The number of amides is 5. The third-order valence-corrected chi connectivity index (χ3v) is 9.90. The Morgan fingerprint density at radius 2 is 1.09 bits per heavy atom. The Balaban J connectivity index is 1.06. The highest BCUT2D eigenvalue weighted by atomic mass is 16.6. The first kappa shape index (κ1) is 41.1. The number of carbonyl (C=O) groups excluding carboxylic acids is 5. The normalized spacial score (nSPS) is 16.4. The lowest BCUT2D eigenvalue weighted by Gasteiger charge is -2.46. The number of β-lactam (4-membered cyclic amide) rings is 1. The molecule has 6 rings (SSSR count). The van der Waals surface area contributed by atoms with E-state index in [-0.39, 0.29) is 45.2 Å². The molecule has 58 heavy (non-hydrogen) atoms. The molecule has 302 valence electrons. The van der Waals surface area contributed by atoms with Gasteiger partial charge in [0.05, 0.1) is 5.92 Å². The maximum Gasteiger partial charge on any atom is 0.414 e. The van der Waals surface area contributed by atoms with Crippen LogP contribution in [-0.4, -0.2) is 96.1 Å². The van der Waals surface area contributed by atoms with Crippen molar-refractivity contribution in [3.05, 3.63) is 144 Å². The highest BCUT2D eigenvalue weighted by molar-refractivity contribution is 6.08. The predicted octanol–water partition coefficient (Wildman–Crippen LogP) is 5.53. The van der Waals surface area contributed by atoms with E-state index in [4.69, 9.17) is 14.2 Å². The second-order valence-electron chi connectivity index (χ2n) is 13.9. The molecule has 2 heterocycles. The minimum Gasteiger partial charge on any atom is -0.459 e. The number of rotatable bonds is 14. The molecule has 2 atom stereocenters. The number of benzene rings is 4. The number of nitrogens with zero attached hydrogens (tertiary/aromatic N) is 4. The summed E-state index contributed by atoms with van der Waals surface area (Å²) in [4.78, 5) is 75.7. The van der Waals surface area contributed by atoms with Gasteiger partial charge in [0.25, 0.3) is 0 Å². The van der Waals surface area contributed by atoms with Crippen LogP contribution in [-0.2, 0) is 50.0 Å². The fraction of sp³-hybridized carbons (Fsp3) is 0.318. The molecule has 4 aromatic rings. The van der Waals surface area contributed by atoms with Gasteiger partial charge in [-0.3, -0.25) is 25.3 Å². The maximum absolute atomic E-state index is 13.8. The van der Waals surface area contributed by atoms with Gasteiger partial charge in [0.1, 0.15) is 19.8 Å². The first-order valence-electron chi connectivity index (χ1n) is 19.4. The quantitative estimate of drug-likeness (QED) is 0.0419. The Kier molecular flexibility index (Phi) is 15.0. The number of likely N-dealkylation sites (tertiary alicyclic amines) is 1. The average Bonchev–Trinajstić information content (AvgIpc) is 3.26. The summed E-state index contributed by atoms with van der Waals surface area (Å²) in [5, 5.41) is 4.90. The van der Waals surface area contributed by atoms with Gasteiger partial charge in [0, 0.05) is 39.3 Å². The smallest absolute Gasteiger partial charge is 0.414 e. The number of piperazine rings is 1. The van der Waals surface area contributed by atoms with Gasteiger partial charge in [-0.15, -0.1) is 0 Å². The van der Waals surface area contributed by atoms with Crippen molar-refractivity contribution >= 4 is 36.1 Å². The molecule has 14 heteroatoms. The number of alkyl carbamates (subject to hydrolysis) is 2. The van der Waals surface area contributed by atoms with Gasteiger partial charge >= 0.3 is 24.2 Å². The summed E-state index contributed by atoms with van der Waals surface area (Å²) in [5.74, 6) is -2.18. The number of imide groups is 1. The SMILES string of the molecule is O=C(NC(=NCCC[C@H]1C(=O)N(C(=O)N2CCN(CCc3ccccc3)CC2)C1C(=O)OCc1ccccc1)NC(=O)OCc1ccccc1)OCc1ccccc1. The van der Waals surface area contributed by atoms with Crippen LogP contribution in [0.4, 0.5) is 14.4 Å². The molecular weight excluding hydrogens is 741 g/mol. The van der Waals surface area contributed by atoms with Crippen molar-refractivity contribution < 1.29 is 38.2 Å². The van der Waals surface area contributed by atoms with Crippen LogP contribution in [0.5, 0.6) is 0 Å². The van der Waals surface area contributed by atoms with E-state index in [2.05, 4.69) is 32.7 Å². The van der Waals surface area contributed by atoms with Crippen molar-refractivity contribution in [1.29, 1.82) is 0 Å². The van der Waals surface area contributed by atoms with Gasteiger partial charge in [-0.25, -0.2) is 24.1 Å². The van der Waals surface area contributed by atoms with Crippen LogP contribution in [0.2, 0.25) is 0 Å². The van der Waals surface area contributed by atoms with Gasteiger partial charge in [-0.2, -0.15) is 0 Å². The Morgan fingerprint density at radius 3 is 1.59 bits per heavy atom. The Morgan fingerprint density at radius 1 is 0.621 bits per heavy atom. The summed E-state index contributed by atoms with van der Waals surface area (Å²) < 4.78 is 16.3. The first-order chi connectivity index (χ1) is 28.3. The van der Waals surface area contributed by atoms with E-state index in [1.807, 2.05) is 84.9 Å². The monoisotopic (exact) mass is 788 g/mol. The van der Waals surface area contributed by atoms with E-state index in [1.54, 1.807) is 29.2 Å². The molecule has 1 unspecified atom stereocenters. The zero-order valence-electron chi connectivity index (χ0n) is 32.2. The maximum atomic E-state index is 13.8. The molecule has 2 fully saturated rings. The zero-order chi connectivity index (χ0) is 40.5. The summed E-state index contributed by atoms with van der Waals surface area (Å²) >= 11 is 0. The summed E-state index contributed by atoms with van der Waals surface area (Å²) in [7, 11) is 0. The molecule has 0 aliphatic carbocycles. The third kappa shape index (κ3) is 12.0. The lowest BCUT2D eigenvalue weighted by Crippen LogP contribution is -2.69. The van der Waals surface area contributed by atoms with Crippen molar-refractivity contribution in [3.8, 4) is 0 Å². The van der Waals surface area contributed by atoms with Crippen LogP contribution in [0, 0.1) is 5.92 Å². The van der Waals surface area contributed by atoms with Crippen LogP contribution in [0.25, 0.3) is 0 Å². The largest absolute Gasteiger partial charge is 0.459 e.